The molecule has 1 aromatic carbocycles. The Hall–Kier alpha value is -1.77. The molecule has 0 saturated heterocycles. The standard InChI is InChI=1S/C15H21N3/c1-10(2)11(3)18(4)14-8-9-17-15-12(14)6-5-7-13(15)16/h5-11H,16H2,1-4H3. The average molecular weight is 243 g/mol. The van der Waals surface area contributed by atoms with E-state index in [9.17, 15) is 0 Å². The van der Waals surface area contributed by atoms with Gasteiger partial charge in [-0.2, -0.15) is 0 Å². The third kappa shape index (κ3) is 2.13. The van der Waals surface area contributed by atoms with E-state index in [1.54, 1.807) is 0 Å². The summed E-state index contributed by atoms with van der Waals surface area (Å²) in [5.74, 6) is 0.597. The number of hydrogen-bond acceptors (Lipinski definition) is 3. The summed E-state index contributed by atoms with van der Waals surface area (Å²) in [6, 6.07) is 8.48. The van der Waals surface area contributed by atoms with Gasteiger partial charge in [-0.25, -0.2) is 0 Å². The molecule has 0 saturated carbocycles. The van der Waals surface area contributed by atoms with Crippen LogP contribution in [0.1, 0.15) is 20.8 Å². The van der Waals surface area contributed by atoms with Gasteiger partial charge >= 0.3 is 0 Å². The highest BCUT2D eigenvalue weighted by Crippen LogP contribution is 2.29. The largest absolute Gasteiger partial charge is 0.397 e. The van der Waals surface area contributed by atoms with E-state index in [0.29, 0.717) is 12.0 Å². The summed E-state index contributed by atoms with van der Waals surface area (Å²) >= 11 is 0. The average Bonchev–Trinajstić information content (AvgIpc) is 2.37. The molecule has 2 aromatic rings. The van der Waals surface area contributed by atoms with Crippen LogP contribution in [0.3, 0.4) is 0 Å². The van der Waals surface area contributed by atoms with Crippen molar-refractivity contribution in [1.82, 2.24) is 4.98 Å². The third-order valence-corrected chi connectivity index (χ3v) is 3.73. The van der Waals surface area contributed by atoms with Crippen molar-refractivity contribution in [2.24, 2.45) is 5.92 Å². The number of nitrogens with zero attached hydrogens (tertiary/aromatic N) is 2. The number of nitrogens with two attached hydrogens (primary N) is 1. The van der Waals surface area contributed by atoms with E-state index >= 15 is 0 Å². The second-order valence-corrected chi connectivity index (χ2v) is 5.17. The van der Waals surface area contributed by atoms with Crippen molar-refractivity contribution < 1.29 is 0 Å². The van der Waals surface area contributed by atoms with Gasteiger partial charge in [0.1, 0.15) is 0 Å². The molecule has 1 heterocycles. The van der Waals surface area contributed by atoms with E-state index in [0.717, 1.165) is 16.6 Å². The zero-order chi connectivity index (χ0) is 13.3. The van der Waals surface area contributed by atoms with Gasteiger partial charge in [-0.15, -0.1) is 0 Å². The highest BCUT2D eigenvalue weighted by Gasteiger charge is 2.16. The number of aromatic nitrogens is 1. The quantitative estimate of drug-likeness (QED) is 0.841. The van der Waals surface area contributed by atoms with Gasteiger partial charge in [-0.3, -0.25) is 4.98 Å². The number of pyridine rings is 1. The van der Waals surface area contributed by atoms with Crippen LogP contribution in [-0.4, -0.2) is 18.1 Å². The van der Waals surface area contributed by atoms with Crippen molar-refractivity contribution in [3.05, 3.63) is 30.5 Å². The summed E-state index contributed by atoms with van der Waals surface area (Å²) in [5, 5.41) is 1.12. The maximum atomic E-state index is 5.98. The second kappa shape index (κ2) is 4.84. The van der Waals surface area contributed by atoms with E-state index in [1.807, 2.05) is 18.3 Å². The zero-order valence-corrected chi connectivity index (χ0v) is 11.5. The molecule has 1 aromatic heterocycles. The summed E-state index contributed by atoms with van der Waals surface area (Å²) in [5.41, 5.74) is 8.79. The number of para-hydroxylation sites is 1. The van der Waals surface area contributed by atoms with E-state index in [4.69, 9.17) is 5.73 Å². The monoisotopic (exact) mass is 243 g/mol. The van der Waals surface area contributed by atoms with Gasteiger partial charge in [0.2, 0.25) is 0 Å². The van der Waals surface area contributed by atoms with Crippen LogP contribution in [0.25, 0.3) is 10.9 Å². The number of anilines is 2. The van der Waals surface area contributed by atoms with Crippen LogP contribution in [0.4, 0.5) is 11.4 Å². The van der Waals surface area contributed by atoms with Crippen LogP contribution in [0.15, 0.2) is 30.5 Å². The number of hydrogen-bond donors (Lipinski definition) is 1. The van der Waals surface area contributed by atoms with Gasteiger partial charge in [-0.05, 0) is 25.0 Å². The Bertz CT molecular complexity index is 548. The lowest BCUT2D eigenvalue weighted by Gasteiger charge is -2.30. The van der Waals surface area contributed by atoms with Gasteiger partial charge < -0.3 is 10.6 Å². The summed E-state index contributed by atoms with van der Waals surface area (Å²) in [7, 11) is 2.13. The minimum atomic E-state index is 0.469. The number of nitrogen functional groups attached to an aromatic ring is 1. The maximum absolute atomic E-state index is 5.98. The molecule has 1 unspecified atom stereocenters. The number of benzene rings is 1. The molecule has 0 amide bonds. The summed E-state index contributed by atoms with van der Waals surface area (Å²) < 4.78 is 0. The molecule has 0 aliphatic carbocycles. The molecule has 2 N–H and O–H groups in total. The fraction of sp³-hybridized carbons (Fsp3) is 0.400. The summed E-state index contributed by atoms with van der Waals surface area (Å²) in [6.45, 7) is 6.71. The van der Waals surface area contributed by atoms with Crippen molar-refractivity contribution >= 4 is 22.3 Å². The van der Waals surface area contributed by atoms with Gasteiger partial charge in [0, 0.05) is 30.4 Å². The first-order valence-corrected chi connectivity index (χ1v) is 6.38. The van der Waals surface area contributed by atoms with Gasteiger partial charge in [0.15, 0.2) is 0 Å². The summed E-state index contributed by atoms with van der Waals surface area (Å²) in [4.78, 5) is 6.68. The molecule has 96 valence electrons. The Kier molecular flexibility index (Phi) is 3.41. The first kappa shape index (κ1) is 12.7. The molecule has 0 fully saturated rings. The van der Waals surface area contributed by atoms with Crippen LogP contribution in [-0.2, 0) is 0 Å². The molecule has 0 spiro atoms. The van der Waals surface area contributed by atoms with Crippen molar-refractivity contribution in [3.8, 4) is 0 Å². The lowest BCUT2D eigenvalue weighted by Crippen LogP contribution is -2.33. The van der Waals surface area contributed by atoms with Crippen LogP contribution in [0.5, 0.6) is 0 Å². The van der Waals surface area contributed by atoms with E-state index in [-0.39, 0.29) is 0 Å². The number of rotatable bonds is 3. The van der Waals surface area contributed by atoms with E-state index < -0.39 is 0 Å². The zero-order valence-electron chi connectivity index (χ0n) is 11.5. The normalized spacial score (nSPS) is 12.9. The molecule has 0 radical (unpaired) electrons. The van der Waals surface area contributed by atoms with Crippen LogP contribution >= 0.6 is 0 Å². The van der Waals surface area contributed by atoms with Crippen LogP contribution < -0.4 is 10.6 Å². The molecular formula is C15H21N3. The van der Waals surface area contributed by atoms with E-state index in [1.165, 1.54) is 5.69 Å². The Morgan fingerprint density at radius 3 is 2.56 bits per heavy atom. The first-order chi connectivity index (χ1) is 8.52. The molecule has 1 atom stereocenters. The molecule has 3 nitrogen and oxygen atoms in total. The highest BCUT2D eigenvalue weighted by atomic mass is 15.1. The molecule has 3 heteroatoms. The van der Waals surface area contributed by atoms with Gasteiger partial charge in [-0.1, -0.05) is 26.0 Å². The Morgan fingerprint density at radius 2 is 1.89 bits per heavy atom. The predicted molar refractivity (Wildman–Crippen MR) is 78.9 cm³/mol. The van der Waals surface area contributed by atoms with Gasteiger partial charge in [0.05, 0.1) is 11.2 Å². The third-order valence-electron chi connectivity index (χ3n) is 3.73. The lowest BCUT2D eigenvalue weighted by atomic mass is 10.0. The highest BCUT2D eigenvalue weighted by molar-refractivity contribution is 5.98. The second-order valence-electron chi connectivity index (χ2n) is 5.17. The Balaban J connectivity index is 2.55. The topological polar surface area (TPSA) is 42.2 Å². The van der Waals surface area contributed by atoms with Crippen LogP contribution in [0.2, 0.25) is 0 Å². The summed E-state index contributed by atoms with van der Waals surface area (Å²) in [6.07, 6.45) is 1.83. The van der Waals surface area contributed by atoms with Crippen molar-refractivity contribution in [2.75, 3.05) is 17.7 Å². The molecule has 18 heavy (non-hydrogen) atoms. The smallest absolute Gasteiger partial charge is 0.0951 e. The van der Waals surface area contributed by atoms with Gasteiger partial charge in [0.25, 0.3) is 0 Å². The molecule has 2 rings (SSSR count). The molecule has 0 aliphatic rings. The Morgan fingerprint density at radius 1 is 1.17 bits per heavy atom. The predicted octanol–water partition coefficient (Wildman–Crippen LogP) is 3.30. The number of fused-ring (bicyclic) bond motifs is 1. The SMILES string of the molecule is CC(C)C(C)N(C)c1ccnc2c(N)cccc12. The maximum Gasteiger partial charge on any atom is 0.0951 e. The first-order valence-electron chi connectivity index (χ1n) is 6.38. The lowest BCUT2D eigenvalue weighted by molar-refractivity contribution is 0.506. The molecular weight excluding hydrogens is 222 g/mol. The molecule has 0 aliphatic heterocycles. The Labute approximate surface area is 109 Å². The van der Waals surface area contributed by atoms with E-state index in [2.05, 4.69) is 49.8 Å². The van der Waals surface area contributed by atoms with Crippen molar-refractivity contribution in [3.63, 3.8) is 0 Å². The van der Waals surface area contributed by atoms with Crippen LogP contribution in [0, 0.1) is 5.92 Å². The fourth-order valence-electron chi connectivity index (χ4n) is 2.16. The minimum Gasteiger partial charge on any atom is -0.397 e. The molecule has 0 bridgehead atoms. The van der Waals surface area contributed by atoms with Crippen molar-refractivity contribution in [1.29, 1.82) is 0 Å². The fourth-order valence-corrected chi connectivity index (χ4v) is 2.16. The minimum absolute atomic E-state index is 0.469. The van der Waals surface area contributed by atoms with Crippen molar-refractivity contribution in [2.45, 2.75) is 26.8 Å².